The van der Waals surface area contributed by atoms with Crippen LogP contribution in [0.3, 0.4) is 0 Å². The van der Waals surface area contributed by atoms with E-state index < -0.39 is 62.5 Å². The van der Waals surface area contributed by atoms with Gasteiger partial charge in [0.1, 0.15) is 29.6 Å². The van der Waals surface area contributed by atoms with E-state index in [1.807, 2.05) is 48.5 Å². The minimum Gasteiger partial charge on any atom is -0.396 e. The van der Waals surface area contributed by atoms with Crippen molar-refractivity contribution in [2.24, 2.45) is 0 Å². The zero-order valence-electron chi connectivity index (χ0n) is 63.7. The van der Waals surface area contributed by atoms with Crippen LogP contribution in [-0.2, 0) is 59.0 Å². The lowest BCUT2D eigenvalue weighted by Crippen LogP contribution is -2.30. The number of aromatic nitrogens is 4. The molecule has 9 N–H and O–H groups in total. The van der Waals surface area contributed by atoms with Crippen LogP contribution in [0.5, 0.6) is 0 Å². The first kappa shape index (κ1) is 82.7. The highest BCUT2D eigenvalue weighted by molar-refractivity contribution is 5.94. The van der Waals surface area contributed by atoms with E-state index in [1.54, 1.807) is 67.3 Å². The second-order valence-corrected chi connectivity index (χ2v) is 28.1. The maximum atomic E-state index is 13.2. The Hall–Kier alpha value is -15.3. The van der Waals surface area contributed by atoms with E-state index in [0.717, 1.165) is 73.0 Å². The molecule has 34 heteroatoms. The third kappa shape index (κ3) is 19.6. The SMILES string of the molecule is CC(O)c1ccc2c(c1)CN(C(=O)Nc1nc(-c3ccc(F)cc3)ccc1N)C2.CC(O)c1ccc2c(c1)CN(C(=O)Nc1nc(-c3ccc(F)cc3)ccc1[N+](=O)[O-])C2.O=C(Nc1nc(-c2ccc(F)cc2)ccc1[N+](=O)[O-])N1Cc2ccc(CO)cc2C1.O=Cc1ccc2c(c1)CN(C(=O)Nc1nc(-c3ccc(F)cc3)ccc1[N+](=O)[O-])C2. The van der Waals surface area contributed by atoms with Crippen molar-refractivity contribution in [3.8, 4) is 45.0 Å². The molecule has 4 aliphatic rings. The largest absolute Gasteiger partial charge is 0.396 e. The number of carbonyl (C=O) groups excluding carboxylic acids is 5. The molecule has 2 unspecified atom stereocenters. The molecule has 8 aromatic carbocycles. The number of pyridine rings is 4. The third-order valence-corrected chi connectivity index (χ3v) is 19.9. The van der Waals surface area contributed by atoms with Gasteiger partial charge < -0.3 is 40.7 Å². The van der Waals surface area contributed by atoms with E-state index >= 15 is 0 Å². The Morgan fingerprint density at radius 2 is 0.667 bits per heavy atom. The number of aliphatic hydroxyl groups excluding tert-OH is 3. The van der Waals surface area contributed by atoms with Crippen LogP contribution in [0.2, 0.25) is 0 Å². The van der Waals surface area contributed by atoms with Gasteiger partial charge in [-0.1, -0.05) is 66.7 Å². The molecule has 0 saturated carbocycles. The molecule has 8 heterocycles. The van der Waals surface area contributed by atoms with Crippen molar-refractivity contribution in [3.63, 3.8) is 0 Å². The fourth-order valence-electron chi connectivity index (χ4n) is 13.4. The van der Waals surface area contributed by atoms with Crippen LogP contribution in [0, 0.1) is 53.6 Å². The number of anilines is 5. The minimum absolute atomic E-state index is 0.0915. The molecule has 12 aromatic rings. The predicted octanol–water partition coefficient (Wildman–Crippen LogP) is 16.5. The van der Waals surface area contributed by atoms with Crippen LogP contribution >= 0.6 is 0 Å². The number of benzene rings is 8. The van der Waals surface area contributed by atoms with Crippen molar-refractivity contribution < 1.29 is 71.6 Å². The first-order chi connectivity index (χ1) is 57.6. The van der Waals surface area contributed by atoms with Crippen molar-refractivity contribution in [1.82, 2.24) is 39.5 Å². The van der Waals surface area contributed by atoms with Crippen molar-refractivity contribution in [2.75, 3.05) is 27.0 Å². The lowest BCUT2D eigenvalue weighted by molar-refractivity contribution is -0.384. The molecule has 4 aromatic heterocycles. The summed E-state index contributed by atoms with van der Waals surface area (Å²) in [6.07, 6.45) is -0.437. The molecular weight excluding hydrogens is 1560 g/mol. The van der Waals surface area contributed by atoms with Gasteiger partial charge in [-0.25, -0.2) is 56.7 Å². The summed E-state index contributed by atoms with van der Waals surface area (Å²) >= 11 is 0. The Morgan fingerprint density at radius 1 is 0.392 bits per heavy atom. The summed E-state index contributed by atoms with van der Waals surface area (Å²) < 4.78 is 52.7. The van der Waals surface area contributed by atoms with E-state index in [9.17, 15) is 87.2 Å². The molecule has 0 bridgehead atoms. The summed E-state index contributed by atoms with van der Waals surface area (Å²) in [4.78, 5) is 118. The Balaban J connectivity index is 0.000000138. The summed E-state index contributed by atoms with van der Waals surface area (Å²) in [5, 5.41) is 73.3. The minimum atomic E-state index is -0.633. The van der Waals surface area contributed by atoms with Crippen LogP contribution < -0.4 is 27.0 Å². The smallest absolute Gasteiger partial charge is 0.323 e. The molecule has 0 fully saturated rings. The fourth-order valence-corrected chi connectivity index (χ4v) is 13.4. The predicted molar refractivity (Wildman–Crippen MR) is 434 cm³/mol. The molecule has 2 atom stereocenters. The average Bonchev–Trinajstić information content (AvgIpc) is 1.66. The van der Waals surface area contributed by atoms with Gasteiger partial charge in [-0.15, -0.1) is 0 Å². The van der Waals surface area contributed by atoms with Gasteiger partial charge in [0.15, 0.2) is 5.82 Å². The average molecular weight is 1630 g/mol. The quantitative estimate of drug-likeness (QED) is 0.0204. The number of nitrogens with two attached hydrogens (primary N) is 1. The van der Waals surface area contributed by atoms with Crippen LogP contribution in [0.1, 0.15) is 97.6 Å². The van der Waals surface area contributed by atoms with Gasteiger partial charge in [-0.2, -0.15) is 0 Å². The molecule has 0 spiro atoms. The van der Waals surface area contributed by atoms with E-state index in [0.29, 0.717) is 96.5 Å². The number of nitrogens with one attached hydrogen (secondary N) is 4. The first-order valence-electron chi connectivity index (χ1n) is 37.0. The number of amides is 8. The molecule has 30 nitrogen and oxygen atoms in total. The standard InChI is InChI=1S/C22H19FN4O4.C22H21FN4O2.C21H17FN4O4.C21H15FN4O4/c1-13(28)15-2-3-16-11-26(12-17(16)10-15)22(29)25-21-20(27(30)31)9-8-19(24-21)14-4-6-18(23)7-5-14;1-13(28)15-2-3-16-11-27(12-17(16)10-15)22(29)26-21-19(24)8-9-20(25-21)14-4-6-18(23)7-5-14;2*22-17-5-3-14(4-6-17)18-7-8-19(26(29)30)20(23-18)24-21(28)25-10-15-2-1-13(12-27)9-16(15)11-25/h2-10,13,28H,11-12H2,1H3,(H,24,25,29);2-10,13,28H,11-12,24H2,1H3,(H,25,26,29);1-9,27H,10-12H2,(H,23,24,28);1-9,12H,10-11H2,(H,23,24,28). The maximum Gasteiger partial charge on any atom is 0.323 e. The number of nitro groups is 3. The van der Waals surface area contributed by atoms with E-state index in [-0.39, 0.29) is 65.3 Å². The monoisotopic (exact) mass is 1630 g/mol. The van der Waals surface area contributed by atoms with E-state index in [2.05, 4.69) is 41.2 Å². The van der Waals surface area contributed by atoms with Crippen LogP contribution in [-0.4, -0.2) is 100 Å². The van der Waals surface area contributed by atoms with E-state index in [4.69, 9.17) is 5.73 Å². The molecular formula is C86H72F4N16O14. The molecule has 0 aliphatic carbocycles. The highest BCUT2D eigenvalue weighted by atomic mass is 19.1. The van der Waals surface area contributed by atoms with Crippen LogP contribution in [0.25, 0.3) is 45.0 Å². The summed E-state index contributed by atoms with van der Waals surface area (Å²) in [6, 6.07) is 54.0. The van der Waals surface area contributed by atoms with Gasteiger partial charge in [0.05, 0.1) is 62.0 Å². The summed E-state index contributed by atoms with van der Waals surface area (Å²) in [5.74, 6) is -1.87. The third-order valence-electron chi connectivity index (χ3n) is 19.9. The molecule has 4 aliphatic heterocycles. The van der Waals surface area contributed by atoms with Crippen molar-refractivity contribution in [3.05, 3.63) is 339 Å². The number of aliphatic hydroxyl groups is 3. The number of carbonyl (C=O) groups is 5. The Labute approximate surface area is 680 Å². The molecule has 0 radical (unpaired) electrons. The number of fused-ring (bicyclic) bond motifs is 4. The fraction of sp³-hybridized carbons (Fsp3) is 0.151. The Morgan fingerprint density at radius 3 is 0.975 bits per heavy atom. The van der Waals surface area contributed by atoms with Gasteiger partial charge in [-0.3, -0.25) is 56.4 Å². The van der Waals surface area contributed by atoms with Crippen molar-refractivity contribution >= 4 is 76.4 Å². The number of urea groups is 4. The van der Waals surface area contributed by atoms with Gasteiger partial charge in [0.2, 0.25) is 17.5 Å². The maximum absolute atomic E-state index is 13.2. The van der Waals surface area contributed by atoms with Crippen LogP contribution in [0.15, 0.2) is 218 Å². The second kappa shape index (κ2) is 36.3. The molecule has 608 valence electrons. The van der Waals surface area contributed by atoms with Gasteiger partial charge in [0, 0.05) is 98.4 Å². The highest BCUT2D eigenvalue weighted by Crippen LogP contribution is 2.36. The van der Waals surface area contributed by atoms with Crippen molar-refractivity contribution in [2.45, 2.75) is 85.0 Å². The summed E-state index contributed by atoms with van der Waals surface area (Å²) in [6.45, 7) is 6.10. The number of rotatable bonds is 15. The Kier molecular flexibility index (Phi) is 25.0. The molecule has 0 saturated heterocycles. The lowest BCUT2D eigenvalue weighted by atomic mass is 10.0. The van der Waals surface area contributed by atoms with Gasteiger partial charge >= 0.3 is 41.2 Å². The molecule has 16 rings (SSSR count). The number of halogens is 4. The zero-order chi connectivity index (χ0) is 85.2. The normalized spacial score (nSPS) is 13.1. The molecule has 120 heavy (non-hydrogen) atoms. The van der Waals surface area contributed by atoms with E-state index in [1.165, 1.54) is 136 Å². The van der Waals surface area contributed by atoms with Crippen LogP contribution in [0.4, 0.5) is 82.8 Å². The number of aldehydes is 1. The first-order valence-corrected chi connectivity index (χ1v) is 37.0. The van der Waals surface area contributed by atoms with Gasteiger partial charge in [-0.05, 0) is 209 Å². The molecule has 8 amide bonds. The summed E-state index contributed by atoms with van der Waals surface area (Å²) in [7, 11) is 0. The topological polar surface area (TPSA) is 414 Å². The number of nitrogen functional groups attached to an aromatic ring is 1. The Bertz CT molecular complexity index is 5970. The number of hydrogen-bond acceptors (Lipinski definition) is 19. The number of hydrogen-bond donors (Lipinski definition) is 8. The lowest BCUT2D eigenvalue weighted by Gasteiger charge is -2.17. The summed E-state index contributed by atoms with van der Waals surface area (Å²) in [5.41, 5.74) is 19.8. The van der Waals surface area contributed by atoms with Crippen molar-refractivity contribution in [1.29, 1.82) is 0 Å². The van der Waals surface area contributed by atoms with Gasteiger partial charge in [0.25, 0.3) is 0 Å². The zero-order valence-corrected chi connectivity index (χ0v) is 63.7. The second-order valence-electron chi connectivity index (χ2n) is 28.1. The highest BCUT2D eigenvalue weighted by Gasteiger charge is 2.32. The number of nitrogens with zero attached hydrogens (tertiary/aromatic N) is 11.